The zero-order valence-electron chi connectivity index (χ0n) is 32.9. The Balaban J connectivity index is 0.000000550. The Labute approximate surface area is 323 Å². The molecular formula is C39H58N4O12. The molecule has 2 unspecified atom stereocenters. The van der Waals surface area contributed by atoms with E-state index in [1.54, 1.807) is 41.5 Å². The van der Waals surface area contributed by atoms with E-state index in [1.807, 2.05) is 60.7 Å². The number of rotatable bonds is 18. The minimum Gasteiger partial charge on any atom is -0.480 e. The summed E-state index contributed by atoms with van der Waals surface area (Å²) < 4.78 is 25.1. The summed E-state index contributed by atoms with van der Waals surface area (Å²) in [6, 6.07) is 16.9. The van der Waals surface area contributed by atoms with Gasteiger partial charge in [-0.1, -0.05) is 60.7 Å². The fourth-order valence-electron chi connectivity index (χ4n) is 4.42. The Morgan fingerprint density at radius 2 is 0.964 bits per heavy atom. The largest absolute Gasteiger partial charge is 0.480 e. The third-order valence-corrected chi connectivity index (χ3v) is 6.97. The van der Waals surface area contributed by atoms with Crippen molar-refractivity contribution in [2.75, 3.05) is 20.2 Å². The SMILES string of the molecule is CC(C)(C)OC(=O)NC(CCCCNC(=O)OCc1ccccc1)C(=O)O.COC(=O)C(CCCCNC(=O)OCc1ccccc1)NC(=O)OC(C)(C)C. The number of ether oxygens (including phenoxy) is 5. The number of carboxylic acid groups (broad SMARTS) is 1. The van der Waals surface area contributed by atoms with Crippen LogP contribution in [0.15, 0.2) is 60.7 Å². The van der Waals surface area contributed by atoms with Gasteiger partial charge < -0.3 is 50.1 Å². The maximum atomic E-state index is 11.8. The van der Waals surface area contributed by atoms with Crippen molar-refractivity contribution >= 4 is 36.3 Å². The van der Waals surface area contributed by atoms with Crippen LogP contribution in [-0.4, -0.2) is 84.9 Å². The van der Waals surface area contributed by atoms with Crippen molar-refractivity contribution < 1.29 is 57.6 Å². The van der Waals surface area contributed by atoms with Gasteiger partial charge in [-0.3, -0.25) is 0 Å². The van der Waals surface area contributed by atoms with Crippen LogP contribution in [0.1, 0.15) is 91.2 Å². The smallest absolute Gasteiger partial charge is 0.408 e. The average molecular weight is 775 g/mol. The number of hydrogen-bond acceptors (Lipinski definition) is 11. The minimum atomic E-state index is -1.13. The van der Waals surface area contributed by atoms with Crippen molar-refractivity contribution in [2.24, 2.45) is 0 Å². The minimum absolute atomic E-state index is 0.188. The Morgan fingerprint density at radius 3 is 1.33 bits per heavy atom. The zero-order valence-corrected chi connectivity index (χ0v) is 32.9. The molecule has 2 aromatic rings. The molecule has 2 atom stereocenters. The maximum Gasteiger partial charge on any atom is 0.408 e. The van der Waals surface area contributed by atoms with Crippen LogP contribution in [0.4, 0.5) is 19.2 Å². The number of unbranched alkanes of at least 4 members (excludes halogenated alkanes) is 2. The molecule has 16 nitrogen and oxygen atoms in total. The summed E-state index contributed by atoms with van der Waals surface area (Å²) in [5, 5.41) is 19.3. The molecule has 0 saturated carbocycles. The lowest BCUT2D eigenvalue weighted by atomic mass is 10.1. The number of carbonyl (C=O) groups excluding carboxylic acids is 5. The van der Waals surface area contributed by atoms with Crippen LogP contribution in [0.3, 0.4) is 0 Å². The number of amides is 4. The molecule has 4 amide bonds. The van der Waals surface area contributed by atoms with Crippen molar-refractivity contribution in [3.63, 3.8) is 0 Å². The van der Waals surface area contributed by atoms with Crippen LogP contribution >= 0.6 is 0 Å². The summed E-state index contributed by atoms with van der Waals surface area (Å²) in [7, 11) is 1.26. The number of carboxylic acids is 1. The summed E-state index contributed by atoms with van der Waals surface area (Å²) in [5.41, 5.74) is 0.448. The van der Waals surface area contributed by atoms with E-state index in [1.165, 1.54) is 7.11 Å². The average Bonchev–Trinajstić information content (AvgIpc) is 3.11. The van der Waals surface area contributed by atoms with Crippen molar-refractivity contribution in [3.8, 4) is 0 Å². The highest BCUT2D eigenvalue weighted by molar-refractivity contribution is 5.81. The van der Waals surface area contributed by atoms with Crippen LogP contribution in [0.2, 0.25) is 0 Å². The third kappa shape index (κ3) is 25.2. The van der Waals surface area contributed by atoms with Gasteiger partial charge in [-0.15, -0.1) is 0 Å². The number of benzene rings is 2. The molecule has 0 fully saturated rings. The summed E-state index contributed by atoms with van der Waals surface area (Å²) in [6.45, 7) is 11.5. The molecule has 16 heteroatoms. The first kappa shape index (κ1) is 47.5. The second-order valence-corrected chi connectivity index (χ2v) is 14.2. The Bertz CT molecular complexity index is 1460. The van der Waals surface area contributed by atoms with E-state index in [0.717, 1.165) is 11.1 Å². The van der Waals surface area contributed by atoms with Crippen LogP contribution in [0.5, 0.6) is 0 Å². The molecule has 55 heavy (non-hydrogen) atoms. The number of nitrogens with one attached hydrogen (secondary N) is 4. The van der Waals surface area contributed by atoms with Crippen LogP contribution in [-0.2, 0) is 46.5 Å². The number of alkyl carbamates (subject to hydrolysis) is 4. The van der Waals surface area contributed by atoms with E-state index in [2.05, 4.69) is 21.3 Å². The van der Waals surface area contributed by atoms with E-state index in [9.17, 15) is 33.9 Å². The van der Waals surface area contributed by atoms with Crippen molar-refractivity contribution in [2.45, 2.75) is 117 Å². The lowest BCUT2D eigenvalue weighted by Crippen LogP contribution is -2.44. The highest BCUT2D eigenvalue weighted by Crippen LogP contribution is 2.10. The summed E-state index contributed by atoms with van der Waals surface area (Å²) in [4.78, 5) is 69.8. The molecule has 5 N–H and O–H groups in total. The summed E-state index contributed by atoms with van der Waals surface area (Å²) in [6.07, 6.45) is 0.399. The molecule has 0 bridgehead atoms. The summed E-state index contributed by atoms with van der Waals surface area (Å²) >= 11 is 0. The van der Waals surface area contributed by atoms with Gasteiger partial charge in [0.25, 0.3) is 0 Å². The first-order chi connectivity index (χ1) is 25.9. The monoisotopic (exact) mass is 774 g/mol. The van der Waals surface area contributed by atoms with E-state index in [-0.39, 0.29) is 19.6 Å². The maximum absolute atomic E-state index is 11.8. The second-order valence-electron chi connectivity index (χ2n) is 14.2. The molecule has 306 valence electrons. The van der Waals surface area contributed by atoms with Gasteiger partial charge in [0.2, 0.25) is 0 Å². The lowest BCUT2D eigenvalue weighted by Gasteiger charge is -2.22. The standard InChI is InChI=1S/C20H30N2O6.C19H28N2O6/c1-20(2,3)28-19(25)22-16(17(23)26-4)12-8-9-13-21-18(24)27-14-15-10-6-5-7-11-15;1-19(2,3)27-18(25)21-15(16(22)23)11-7-8-12-20-17(24)26-13-14-9-5-4-6-10-14/h5-7,10-11,16H,8-9,12-14H2,1-4H3,(H,21,24)(H,22,25);4-6,9-10,15H,7-8,11-13H2,1-3H3,(H,20,24)(H,21,25)(H,22,23). The van der Waals surface area contributed by atoms with Gasteiger partial charge in [0.15, 0.2) is 0 Å². The number of aliphatic carboxylic acids is 1. The van der Waals surface area contributed by atoms with E-state index < -0.39 is 59.6 Å². The fourth-order valence-corrected chi connectivity index (χ4v) is 4.42. The molecule has 2 rings (SSSR count). The Hall–Kier alpha value is -5.54. The van der Waals surface area contributed by atoms with Gasteiger partial charge in [-0.2, -0.15) is 0 Å². The quantitative estimate of drug-likeness (QED) is 0.0649. The second kappa shape index (κ2) is 25.5. The number of carbonyl (C=O) groups is 6. The predicted octanol–water partition coefficient (Wildman–Crippen LogP) is 6.21. The predicted molar refractivity (Wildman–Crippen MR) is 203 cm³/mol. The van der Waals surface area contributed by atoms with Crippen LogP contribution < -0.4 is 21.3 Å². The summed E-state index contributed by atoms with van der Waals surface area (Å²) in [5.74, 6) is -1.67. The van der Waals surface area contributed by atoms with Gasteiger partial charge in [-0.05, 0) is 91.2 Å². The highest BCUT2D eigenvalue weighted by atomic mass is 16.6. The molecule has 2 aromatic carbocycles. The van der Waals surface area contributed by atoms with Gasteiger partial charge >= 0.3 is 36.3 Å². The molecule has 0 aliphatic carbocycles. The van der Waals surface area contributed by atoms with Crippen LogP contribution in [0, 0.1) is 0 Å². The molecule has 0 radical (unpaired) electrons. The van der Waals surface area contributed by atoms with Gasteiger partial charge in [0.05, 0.1) is 7.11 Å². The fraction of sp³-hybridized carbons (Fsp3) is 0.538. The van der Waals surface area contributed by atoms with Gasteiger partial charge in [0, 0.05) is 13.1 Å². The van der Waals surface area contributed by atoms with Crippen molar-refractivity contribution in [3.05, 3.63) is 71.8 Å². The highest BCUT2D eigenvalue weighted by Gasteiger charge is 2.25. The molecule has 0 spiro atoms. The van der Waals surface area contributed by atoms with Gasteiger partial charge in [-0.25, -0.2) is 28.8 Å². The number of hydrogen-bond donors (Lipinski definition) is 5. The Morgan fingerprint density at radius 1 is 0.582 bits per heavy atom. The molecule has 0 aliphatic heterocycles. The molecule has 0 aliphatic rings. The molecule has 0 saturated heterocycles. The number of methoxy groups -OCH3 is 1. The van der Waals surface area contributed by atoms with E-state index >= 15 is 0 Å². The molecule has 0 aromatic heterocycles. The van der Waals surface area contributed by atoms with Crippen molar-refractivity contribution in [1.29, 1.82) is 0 Å². The molecule has 0 heterocycles. The van der Waals surface area contributed by atoms with Crippen molar-refractivity contribution in [1.82, 2.24) is 21.3 Å². The molecular weight excluding hydrogens is 716 g/mol. The lowest BCUT2D eigenvalue weighted by molar-refractivity contribution is -0.143. The first-order valence-corrected chi connectivity index (χ1v) is 18.1. The third-order valence-electron chi connectivity index (χ3n) is 6.97. The normalized spacial score (nSPS) is 11.9. The van der Waals surface area contributed by atoms with Crippen LogP contribution in [0.25, 0.3) is 0 Å². The zero-order chi connectivity index (χ0) is 41.3. The van der Waals surface area contributed by atoms with E-state index in [4.69, 9.17) is 23.7 Å². The number of esters is 1. The van der Waals surface area contributed by atoms with E-state index in [0.29, 0.717) is 45.2 Å². The Kier molecular flexibility index (Phi) is 22.0. The van der Waals surface area contributed by atoms with Gasteiger partial charge in [0.1, 0.15) is 36.5 Å². The first-order valence-electron chi connectivity index (χ1n) is 18.1. The topological polar surface area (TPSA) is 217 Å².